The van der Waals surface area contributed by atoms with E-state index in [9.17, 15) is 9.59 Å². The molecule has 2 aromatic carbocycles. The highest BCUT2D eigenvalue weighted by molar-refractivity contribution is 9.09. The first-order valence-electron chi connectivity index (χ1n) is 17.8. The predicted molar refractivity (Wildman–Crippen MR) is 227 cm³/mol. The average molecular weight is 806 g/mol. The van der Waals surface area contributed by atoms with Crippen molar-refractivity contribution in [1.82, 2.24) is 39.3 Å². The Kier molecular flexibility index (Phi) is 14.9. The largest absolute Gasteiger partial charge is 0.315 e. The molecule has 10 nitrogen and oxygen atoms in total. The van der Waals surface area contributed by atoms with Gasteiger partial charge in [0.15, 0.2) is 0 Å². The molecule has 2 aliphatic rings. The van der Waals surface area contributed by atoms with E-state index >= 15 is 0 Å². The summed E-state index contributed by atoms with van der Waals surface area (Å²) in [6.45, 7) is 5.08. The Morgan fingerprint density at radius 1 is 0.661 bits per heavy atom. The maximum Gasteiger partial charge on any atom is 0.261 e. The summed E-state index contributed by atoms with van der Waals surface area (Å²) in [7, 11) is 0. The van der Waals surface area contributed by atoms with Crippen LogP contribution in [0.4, 0.5) is 0 Å². The third-order valence-electron chi connectivity index (χ3n) is 8.79. The van der Waals surface area contributed by atoms with Crippen LogP contribution in [-0.2, 0) is 25.9 Å². The number of nitrogens with zero attached hydrogens (tertiary/aromatic N) is 7. The van der Waals surface area contributed by atoms with Crippen LogP contribution in [0.5, 0.6) is 0 Å². The highest BCUT2D eigenvalue weighted by Crippen LogP contribution is 2.15. The van der Waals surface area contributed by atoms with E-state index in [4.69, 9.17) is 22.8 Å². The van der Waals surface area contributed by atoms with Gasteiger partial charge in [0.25, 0.3) is 11.1 Å². The number of terminal acetylenes is 2. The van der Waals surface area contributed by atoms with Crippen LogP contribution in [0.2, 0.25) is 0 Å². The van der Waals surface area contributed by atoms with Gasteiger partial charge < -0.3 is 5.32 Å². The van der Waals surface area contributed by atoms with Crippen LogP contribution < -0.4 is 16.4 Å². The van der Waals surface area contributed by atoms with Crippen molar-refractivity contribution in [3.8, 4) is 48.4 Å². The van der Waals surface area contributed by atoms with Crippen LogP contribution in [0.1, 0.15) is 41.6 Å². The zero-order valence-electron chi connectivity index (χ0n) is 30.1. The Morgan fingerprint density at radius 3 is 1.73 bits per heavy atom. The SMILES string of the molecule is C.C#CCBr.C#CCN1CCc2nc3cc(C#Cc4ccccn4)ccc3c(=O)n2CC1.O=c1c2ccc(C#Cc3ccccn3)cc2nc2n1CCNCC2. The molecule has 8 rings (SSSR count). The van der Waals surface area contributed by atoms with Crippen molar-refractivity contribution in [3.63, 3.8) is 0 Å². The minimum absolute atomic E-state index is 0. The molecule has 4 aromatic heterocycles. The number of benzene rings is 2. The van der Waals surface area contributed by atoms with Gasteiger partial charge in [-0.3, -0.25) is 23.6 Å². The molecule has 0 unspecified atom stereocenters. The van der Waals surface area contributed by atoms with Gasteiger partial charge in [-0.25, -0.2) is 19.9 Å². The predicted octanol–water partition coefficient (Wildman–Crippen LogP) is 4.67. The zero-order valence-corrected chi connectivity index (χ0v) is 31.7. The lowest BCUT2D eigenvalue weighted by molar-refractivity contribution is 0.313. The van der Waals surface area contributed by atoms with Crippen molar-refractivity contribution in [2.75, 3.05) is 38.1 Å². The number of nitrogens with one attached hydrogen (secondary N) is 1. The average Bonchev–Trinajstić information content (AvgIpc) is 3.59. The Hall–Kier alpha value is -6.34. The van der Waals surface area contributed by atoms with Crippen LogP contribution >= 0.6 is 15.9 Å². The second kappa shape index (κ2) is 20.4. The van der Waals surface area contributed by atoms with E-state index in [1.54, 1.807) is 21.5 Å². The first-order valence-corrected chi connectivity index (χ1v) is 18.9. The molecule has 0 aliphatic carbocycles. The summed E-state index contributed by atoms with van der Waals surface area (Å²) in [4.78, 5) is 45.6. The normalized spacial score (nSPS) is 12.9. The van der Waals surface area contributed by atoms with E-state index in [-0.39, 0.29) is 18.5 Å². The second-order valence-corrected chi connectivity index (χ2v) is 13.0. The molecular formula is C45H41BrN8O2. The summed E-state index contributed by atoms with van der Waals surface area (Å²) in [6, 6.07) is 22.4. The van der Waals surface area contributed by atoms with Crippen molar-refractivity contribution in [3.05, 3.63) is 140 Å². The molecular weight excluding hydrogens is 764 g/mol. The van der Waals surface area contributed by atoms with Gasteiger partial charge in [0, 0.05) is 75.6 Å². The Morgan fingerprint density at radius 2 is 1.21 bits per heavy atom. The molecule has 56 heavy (non-hydrogen) atoms. The van der Waals surface area contributed by atoms with E-state index in [2.05, 4.69) is 71.6 Å². The standard InChI is InChI=1S/C22H18N4O.C19H16N4O.C3H3Br.CH4/c1-2-12-25-13-10-21-24-20-16-17(6-8-18-5-3-4-11-23-18)7-9-19(20)22(27)26(21)15-14-25;24-19-16-7-5-14(4-6-15-3-1-2-9-21-15)13-17(16)22-18-8-10-20-11-12-23(18)19;1-2-3-4;/h1,3-5,7,9,11,16H,10,12-15H2;1-3,5,7,9,13,20H,8,10-12H2;1H,3H2;1H4. The van der Waals surface area contributed by atoms with Gasteiger partial charge in [0.05, 0.1) is 33.7 Å². The maximum atomic E-state index is 12.9. The first kappa shape index (κ1) is 40.8. The van der Waals surface area contributed by atoms with Crippen molar-refractivity contribution in [2.24, 2.45) is 0 Å². The lowest BCUT2D eigenvalue weighted by atomic mass is 10.1. The fourth-order valence-corrected chi connectivity index (χ4v) is 6.09. The van der Waals surface area contributed by atoms with Gasteiger partial charge in [-0.1, -0.05) is 59.2 Å². The number of hydrogen-bond donors (Lipinski definition) is 1. The van der Waals surface area contributed by atoms with Gasteiger partial charge >= 0.3 is 0 Å². The summed E-state index contributed by atoms with van der Waals surface area (Å²) in [6.07, 6.45) is 15.0. The number of aromatic nitrogens is 6. The van der Waals surface area contributed by atoms with E-state index < -0.39 is 0 Å². The lowest BCUT2D eigenvalue weighted by Gasteiger charge is -2.15. The lowest BCUT2D eigenvalue weighted by Crippen LogP contribution is -2.29. The summed E-state index contributed by atoms with van der Waals surface area (Å²) in [5, 5.41) is 5.22. The molecule has 0 atom stereocenters. The van der Waals surface area contributed by atoms with Crippen LogP contribution in [0.15, 0.2) is 94.8 Å². The monoisotopic (exact) mass is 804 g/mol. The number of halogens is 1. The molecule has 1 N–H and O–H groups in total. The quantitative estimate of drug-likeness (QED) is 0.189. The molecule has 11 heteroatoms. The Bertz CT molecular complexity index is 2640. The summed E-state index contributed by atoms with van der Waals surface area (Å²) >= 11 is 3.01. The molecule has 0 bridgehead atoms. The number of alkyl halides is 1. The molecule has 6 heterocycles. The van der Waals surface area contributed by atoms with E-state index in [1.165, 1.54) is 0 Å². The van der Waals surface area contributed by atoms with Crippen molar-refractivity contribution >= 4 is 37.7 Å². The number of fused-ring (bicyclic) bond motifs is 4. The van der Waals surface area contributed by atoms with E-state index in [1.807, 2.05) is 72.8 Å². The zero-order chi connectivity index (χ0) is 38.4. The van der Waals surface area contributed by atoms with Crippen LogP contribution in [0.25, 0.3) is 21.8 Å². The van der Waals surface area contributed by atoms with Crippen molar-refractivity contribution in [2.45, 2.75) is 33.4 Å². The van der Waals surface area contributed by atoms with Crippen molar-refractivity contribution < 1.29 is 0 Å². The minimum atomic E-state index is 0. The number of pyridine rings is 2. The molecule has 280 valence electrons. The Balaban J connectivity index is 0.000000194. The van der Waals surface area contributed by atoms with Gasteiger partial charge in [-0.05, 0) is 72.5 Å². The Labute approximate surface area is 335 Å². The molecule has 0 saturated carbocycles. The van der Waals surface area contributed by atoms with E-state index in [0.29, 0.717) is 58.9 Å². The van der Waals surface area contributed by atoms with Gasteiger partial charge in [-0.15, -0.1) is 12.8 Å². The topological polar surface area (TPSA) is 111 Å². The first-order chi connectivity index (χ1) is 27.0. The molecule has 6 aromatic rings. The third kappa shape index (κ3) is 10.4. The molecule has 0 fully saturated rings. The fourth-order valence-electron chi connectivity index (χ4n) is 6.09. The molecule has 0 saturated heterocycles. The van der Waals surface area contributed by atoms with Crippen LogP contribution in [-0.4, -0.2) is 72.0 Å². The highest BCUT2D eigenvalue weighted by Gasteiger charge is 2.17. The van der Waals surface area contributed by atoms with Gasteiger partial charge in [0.2, 0.25) is 0 Å². The summed E-state index contributed by atoms with van der Waals surface area (Å²) in [5.74, 6) is 18.9. The second-order valence-electron chi connectivity index (χ2n) is 12.4. The number of hydrogen-bond acceptors (Lipinski definition) is 8. The smallest absolute Gasteiger partial charge is 0.261 e. The van der Waals surface area contributed by atoms with Crippen LogP contribution in [0.3, 0.4) is 0 Å². The molecule has 2 aliphatic heterocycles. The molecule has 0 amide bonds. The van der Waals surface area contributed by atoms with Gasteiger partial charge in [-0.2, -0.15) is 0 Å². The van der Waals surface area contributed by atoms with Crippen LogP contribution in [0, 0.1) is 48.4 Å². The number of rotatable bonds is 1. The maximum absolute atomic E-state index is 12.9. The van der Waals surface area contributed by atoms with Crippen molar-refractivity contribution in [1.29, 1.82) is 0 Å². The summed E-state index contributed by atoms with van der Waals surface area (Å²) < 4.78 is 3.56. The minimum Gasteiger partial charge on any atom is -0.315 e. The third-order valence-corrected chi connectivity index (χ3v) is 9.11. The molecule has 0 radical (unpaired) electrons. The van der Waals surface area contributed by atoms with Gasteiger partial charge in [0.1, 0.15) is 23.0 Å². The van der Waals surface area contributed by atoms with E-state index in [0.717, 1.165) is 61.1 Å². The highest BCUT2D eigenvalue weighted by atomic mass is 79.9. The summed E-state index contributed by atoms with van der Waals surface area (Å²) in [5.41, 5.74) is 4.50. The molecule has 0 spiro atoms. The fraction of sp³-hybridized carbons (Fsp3) is 0.244.